The molecule has 1 aromatic heterocycles. The van der Waals surface area contributed by atoms with Crippen molar-refractivity contribution < 1.29 is 85.7 Å². The van der Waals surface area contributed by atoms with Crippen molar-refractivity contribution in [3.05, 3.63) is 6.20 Å². The molecule has 0 aliphatic carbocycles. The fourth-order valence-electron chi connectivity index (χ4n) is 5.79. The van der Waals surface area contributed by atoms with Crippen molar-refractivity contribution in [1.29, 1.82) is 0 Å². The lowest BCUT2D eigenvalue weighted by atomic mass is 9.94. The van der Waals surface area contributed by atoms with Gasteiger partial charge in [0.15, 0.2) is 30.7 Å². The van der Waals surface area contributed by atoms with E-state index in [9.17, 15) is 28.8 Å². The van der Waals surface area contributed by atoms with Crippen LogP contribution < -0.4 is 9.57 Å². The Morgan fingerprint density at radius 3 is 1.87 bits per heavy atom. The highest BCUT2D eigenvalue weighted by Crippen LogP contribution is 2.34. The molecule has 0 aromatic carbocycles. The number of hydrogen-bond donors (Lipinski definition) is 0. The van der Waals surface area contributed by atoms with Gasteiger partial charge in [-0.1, -0.05) is 23.3 Å². The Labute approximate surface area is 297 Å². The van der Waals surface area contributed by atoms with Crippen LogP contribution in [0.3, 0.4) is 0 Å². The SMILES string of the molecule is CCCC1OC[C@H]2O[C@@H](COc3cn(O[C@@H]4O[C@H](COC(C)=O)[C@@H](OC(C)=O)[C@H](OC(C)=O)[C@H]4OC(C)=O)nn3)[C@H](OC(C)=O)[C@@H](OC(C)=O)[C@@H]2O1. The zero-order chi connectivity index (χ0) is 38.1. The van der Waals surface area contributed by atoms with Gasteiger partial charge in [-0.2, -0.15) is 0 Å². The number of hydrogen-bond acceptors (Lipinski definition) is 20. The first kappa shape index (κ1) is 40.2. The number of aromatic nitrogens is 3. The number of rotatable bonds is 14. The maximum atomic E-state index is 12.1. The molecule has 0 N–H and O–H groups in total. The standard InChI is InChI=1S/C31H43N3O18/c1-8-9-24-43-13-21-27(51-24)28(46-17(5)38)25(44-15(3)36)20(49-21)12-42-23-10-34(33-32-23)52-31-30(48-19(7)40)29(47-18(6)39)26(45-16(4)37)22(50-31)11-41-14(2)35/h10,20-22,24-31H,8-9,11-13H2,1-7H3/t20-,21+,22+,24?,25-,26+,27+,28+,29-,30+,31-/m0/s1. The highest BCUT2D eigenvalue weighted by Gasteiger charge is 2.55. The first-order valence-electron chi connectivity index (χ1n) is 16.4. The van der Waals surface area contributed by atoms with Gasteiger partial charge in [-0.05, 0) is 11.6 Å². The van der Waals surface area contributed by atoms with Crippen LogP contribution in [0.1, 0.15) is 61.3 Å². The van der Waals surface area contributed by atoms with Gasteiger partial charge in [-0.15, -0.1) is 0 Å². The van der Waals surface area contributed by atoms with Gasteiger partial charge >= 0.3 is 35.8 Å². The van der Waals surface area contributed by atoms with Crippen molar-refractivity contribution in [2.45, 2.75) is 129 Å². The minimum absolute atomic E-state index is 0.108. The van der Waals surface area contributed by atoms with Gasteiger partial charge < -0.3 is 56.9 Å². The molecule has 3 fully saturated rings. The molecule has 4 rings (SSSR count). The first-order chi connectivity index (χ1) is 24.6. The van der Waals surface area contributed by atoms with E-state index in [1.807, 2.05) is 6.92 Å². The summed E-state index contributed by atoms with van der Waals surface area (Å²) in [6.45, 7) is 8.09. The molecule has 3 aliphatic rings. The maximum absolute atomic E-state index is 12.1. The van der Waals surface area contributed by atoms with Crippen LogP contribution in [0.2, 0.25) is 0 Å². The van der Waals surface area contributed by atoms with E-state index >= 15 is 0 Å². The first-order valence-corrected chi connectivity index (χ1v) is 16.4. The van der Waals surface area contributed by atoms with Crippen molar-refractivity contribution in [1.82, 2.24) is 15.2 Å². The summed E-state index contributed by atoms with van der Waals surface area (Å²) in [6, 6.07) is 0. The summed E-state index contributed by atoms with van der Waals surface area (Å²) in [5.74, 6) is -4.59. The van der Waals surface area contributed by atoms with E-state index in [0.717, 1.165) is 45.2 Å². The van der Waals surface area contributed by atoms with Crippen LogP contribution in [0.15, 0.2) is 6.20 Å². The summed E-state index contributed by atoms with van der Waals surface area (Å²) >= 11 is 0. The Kier molecular flexibility index (Phi) is 14.1. The fraction of sp³-hybridized carbons (Fsp3) is 0.742. The second-order valence-electron chi connectivity index (χ2n) is 12.0. The summed E-state index contributed by atoms with van der Waals surface area (Å²) in [7, 11) is 0. The molecule has 1 unspecified atom stereocenters. The van der Waals surface area contributed by atoms with Crippen molar-refractivity contribution >= 4 is 35.8 Å². The molecule has 3 saturated heterocycles. The predicted octanol–water partition coefficient (Wildman–Crippen LogP) is -0.659. The van der Waals surface area contributed by atoms with Gasteiger partial charge in [0.05, 0.1) is 6.61 Å². The predicted molar refractivity (Wildman–Crippen MR) is 163 cm³/mol. The van der Waals surface area contributed by atoms with Crippen LogP contribution in [-0.2, 0) is 76.1 Å². The number of esters is 6. The van der Waals surface area contributed by atoms with E-state index in [-0.39, 0.29) is 19.1 Å². The number of ether oxygens (including phenoxy) is 11. The molecule has 1 aromatic rings. The number of nitrogens with zero attached hydrogens (tertiary/aromatic N) is 3. The van der Waals surface area contributed by atoms with Gasteiger partial charge in [0, 0.05) is 41.5 Å². The molecule has 0 spiro atoms. The Hall–Kier alpha value is -4.60. The molecule has 21 nitrogen and oxygen atoms in total. The second-order valence-corrected chi connectivity index (χ2v) is 12.0. The summed E-state index contributed by atoms with van der Waals surface area (Å²) in [5.41, 5.74) is 0. The van der Waals surface area contributed by atoms with Crippen LogP contribution in [0.25, 0.3) is 0 Å². The maximum Gasteiger partial charge on any atom is 0.303 e. The molecule has 0 bridgehead atoms. The van der Waals surface area contributed by atoms with E-state index in [2.05, 4.69) is 10.3 Å². The van der Waals surface area contributed by atoms with E-state index in [1.54, 1.807) is 0 Å². The Morgan fingerprint density at radius 2 is 1.27 bits per heavy atom. The van der Waals surface area contributed by atoms with Gasteiger partial charge in [0.1, 0.15) is 43.8 Å². The molecule has 11 atom stereocenters. The van der Waals surface area contributed by atoms with Crippen molar-refractivity contribution in [3.8, 4) is 5.88 Å². The minimum Gasteiger partial charge on any atom is -0.472 e. The summed E-state index contributed by atoms with van der Waals surface area (Å²) in [5, 5.41) is 7.74. The van der Waals surface area contributed by atoms with E-state index in [0.29, 0.717) is 6.42 Å². The highest BCUT2D eigenvalue weighted by molar-refractivity contribution is 5.69. The molecule has 4 heterocycles. The van der Waals surface area contributed by atoms with Gasteiger partial charge in [0.25, 0.3) is 12.2 Å². The van der Waals surface area contributed by atoms with Gasteiger partial charge in [0.2, 0.25) is 6.10 Å². The molecule has 0 amide bonds. The van der Waals surface area contributed by atoms with Crippen LogP contribution in [0, 0.1) is 0 Å². The average Bonchev–Trinajstić information content (AvgIpc) is 3.49. The van der Waals surface area contributed by atoms with Crippen LogP contribution >= 0.6 is 0 Å². The zero-order valence-corrected chi connectivity index (χ0v) is 29.7. The smallest absolute Gasteiger partial charge is 0.303 e. The largest absolute Gasteiger partial charge is 0.472 e. The summed E-state index contributed by atoms with van der Waals surface area (Å²) < 4.78 is 62.0. The molecular formula is C31H43N3O18. The Bertz CT molecular complexity index is 1440. The average molecular weight is 746 g/mol. The fourth-order valence-corrected chi connectivity index (χ4v) is 5.79. The normalized spacial score (nSPS) is 31.2. The third-order valence-electron chi connectivity index (χ3n) is 7.62. The van der Waals surface area contributed by atoms with Gasteiger partial charge in [-0.25, -0.2) is 0 Å². The molecule has 0 radical (unpaired) electrons. The Balaban J connectivity index is 1.53. The zero-order valence-electron chi connectivity index (χ0n) is 29.7. The lowest BCUT2D eigenvalue weighted by Crippen LogP contribution is -2.65. The molecule has 52 heavy (non-hydrogen) atoms. The highest BCUT2D eigenvalue weighted by atomic mass is 16.8. The van der Waals surface area contributed by atoms with Crippen LogP contribution in [-0.4, -0.2) is 138 Å². The van der Waals surface area contributed by atoms with Gasteiger partial charge in [-0.3, -0.25) is 28.8 Å². The third kappa shape index (κ3) is 11.0. The molecule has 290 valence electrons. The quantitative estimate of drug-likeness (QED) is 0.169. The van der Waals surface area contributed by atoms with Crippen molar-refractivity contribution in [3.63, 3.8) is 0 Å². The van der Waals surface area contributed by atoms with Crippen LogP contribution in [0.4, 0.5) is 0 Å². The van der Waals surface area contributed by atoms with Crippen LogP contribution in [0.5, 0.6) is 5.88 Å². The van der Waals surface area contributed by atoms with E-state index < -0.39 is 110 Å². The monoisotopic (exact) mass is 745 g/mol. The number of fused-ring (bicyclic) bond motifs is 1. The number of carbonyl (C=O) groups is 6. The minimum atomic E-state index is -1.60. The topological polar surface area (TPSA) is 244 Å². The molecular weight excluding hydrogens is 702 g/mol. The molecule has 21 heteroatoms. The lowest BCUT2D eigenvalue weighted by molar-refractivity contribution is -0.329. The van der Waals surface area contributed by atoms with Crippen molar-refractivity contribution in [2.75, 3.05) is 19.8 Å². The number of carbonyl (C=O) groups excluding carboxylic acids is 6. The third-order valence-corrected chi connectivity index (χ3v) is 7.62. The summed E-state index contributed by atoms with van der Waals surface area (Å²) in [4.78, 5) is 78.6. The van der Waals surface area contributed by atoms with E-state index in [4.69, 9.17) is 56.9 Å². The van der Waals surface area contributed by atoms with E-state index in [1.165, 1.54) is 13.8 Å². The molecule has 0 saturated carbocycles. The van der Waals surface area contributed by atoms with Crippen molar-refractivity contribution in [2.24, 2.45) is 0 Å². The molecule has 3 aliphatic heterocycles. The second kappa shape index (κ2) is 18.2. The lowest BCUT2D eigenvalue weighted by Gasteiger charge is -2.48. The summed E-state index contributed by atoms with van der Waals surface area (Å²) in [6.07, 6.45) is -10.1. The Morgan fingerprint density at radius 1 is 0.712 bits per heavy atom.